The summed E-state index contributed by atoms with van der Waals surface area (Å²) in [7, 11) is 0. The smallest absolute Gasteiger partial charge is 0.250 e. The zero-order chi connectivity index (χ0) is 16.2. The minimum Gasteiger partial charge on any atom is -0.490 e. The first kappa shape index (κ1) is 15.9. The molecule has 0 aromatic heterocycles. The van der Waals surface area contributed by atoms with Crippen LogP contribution < -0.4 is 14.8 Å². The van der Waals surface area contributed by atoms with Crippen molar-refractivity contribution in [1.29, 1.82) is 0 Å². The third-order valence-electron chi connectivity index (χ3n) is 4.18. The fourth-order valence-corrected chi connectivity index (χ4v) is 2.97. The lowest BCUT2D eigenvalue weighted by atomic mass is 10.1. The maximum absolute atomic E-state index is 12.4. The molecule has 2 heterocycles. The molecule has 1 amide bonds. The number of hydrogen-bond donors (Lipinski definition) is 1. The van der Waals surface area contributed by atoms with Crippen LogP contribution in [-0.4, -0.2) is 37.9 Å². The molecule has 5 heteroatoms. The van der Waals surface area contributed by atoms with Gasteiger partial charge in [-0.15, -0.1) is 0 Å². The molecule has 5 nitrogen and oxygen atoms in total. The molecule has 1 aromatic rings. The van der Waals surface area contributed by atoms with E-state index in [2.05, 4.69) is 5.32 Å². The van der Waals surface area contributed by atoms with E-state index in [1.165, 1.54) is 0 Å². The number of benzene rings is 1. The number of ether oxygens (including phenoxy) is 3. The van der Waals surface area contributed by atoms with Crippen molar-refractivity contribution < 1.29 is 19.0 Å². The average Bonchev–Trinajstić information content (AvgIpc) is 3.09. The third kappa shape index (κ3) is 3.50. The summed E-state index contributed by atoms with van der Waals surface area (Å²) in [5, 5.41) is 3.02. The van der Waals surface area contributed by atoms with E-state index in [-0.39, 0.29) is 24.7 Å². The van der Waals surface area contributed by atoms with E-state index in [0.29, 0.717) is 23.7 Å². The van der Waals surface area contributed by atoms with Gasteiger partial charge in [0.15, 0.2) is 11.5 Å². The molecular formula is C18H23NO4. The van der Waals surface area contributed by atoms with Crippen molar-refractivity contribution in [2.75, 3.05) is 19.8 Å². The fraction of sp³-hybridized carbons (Fsp3) is 0.500. The largest absolute Gasteiger partial charge is 0.490 e. The summed E-state index contributed by atoms with van der Waals surface area (Å²) in [5.41, 5.74) is 1.49. The number of rotatable bonds is 5. The van der Waals surface area contributed by atoms with Gasteiger partial charge in [0.05, 0.1) is 24.3 Å². The molecule has 1 fully saturated rings. The van der Waals surface area contributed by atoms with Crippen LogP contribution in [0.25, 0.3) is 6.08 Å². The molecule has 23 heavy (non-hydrogen) atoms. The molecule has 2 atom stereocenters. The number of carbonyl (C=O) groups is 1. The number of carbonyl (C=O) groups excluding carboxylic acids is 1. The van der Waals surface area contributed by atoms with Crippen LogP contribution in [0.5, 0.6) is 11.5 Å². The van der Waals surface area contributed by atoms with Crippen LogP contribution in [0.2, 0.25) is 0 Å². The van der Waals surface area contributed by atoms with E-state index in [9.17, 15) is 4.79 Å². The standard InChI is InChI=1S/C18H23NO4/c1-3-21-16-7-4-6-13-10-14(11-23-17(13)16)18(20)19-12(2)15-8-5-9-22-15/h4,6-7,10,12,15H,3,5,8-9,11H2,1-2H3,(H,19,20)/t12-,15-/m0/s1. The van der Waals surface area contributed by atoms with Crippen molar-refractivity contribution >= 4 is 12.0 Å². The van der Waals surface area contributed by atoms with Gasteiger partial charge >= 0.3 is 0 Å². The molecular weight excluding hydrogens is 294 g/mol. The topological polar surface area (TPSA) is 56.8 Å². The van der Waals surface area contributed by atoms with Crippen molar-refractivity contribution in [2.45, 2.75) is 38.8 Å². The number of hydrogen-bond acceptors (Lipinski definition) is 4. The van der Waals surface area contributed by atoms with E-state index in [1.807, 2.05) is 38.1 Å². The lowest BCUT2D eigenvalue weighted by Gasteiger charge is -2.23. The van der Waals surface area contributed by atoms with Crippen molar-refractivity contribution in [3.8, 4) is 11.5 Å². The Kier molecular flexibility index (Phi) is 4.86. The van der Waals surface area contributed by atoms with E-state index in [1.54, 1.807) is 0 Å². The Hall–Kier alpha value is -2.01. The molecule has 1 aromatic carbocycles. The highest BCUT2D eigenvalue weighted by atomic mass is 16.5. The fourth-order valence-electron chi connectivity index (χ4n) is 2.97. The van der Waals surface area contributed by atoms with Gasteiger partial charge in [-0.25, -0.2) is 0 Å². The van der Waals surface area contributed by atoms with Gasteiger partial charge in [0.25, 0.3) is 5.91 Å². The molecule has 0 saturated carbocycles. The molecule has 0 unspecified atom stereocenters. The first-order valence-electron chi connectivity index (χ1n) is 8.20. The Labute approximate surface area is 136 Å². The second-order valence-corrected chi connectivity index (χ2v) is 5.88. The summed E-state index contributed by atoms with van der Waals surface area (Å²) < 4.78 is 16.9. The van der Waals surface area contributed by atoms with Gasteiger partial charge in [-0.2, -0.15) is 0 Å². The zero-order valence-corrected chi connectivity index (χ0v) is 13.6. The van der Waals surface area contributed by atoms with Gasteiger partial charge in [0.1, 0.15) is 6.61 Å². The van der Waals surface area contributed by atoms with Gasteiger partial charge in [-0.1, -0.05) is 12.1 Å². The Bertz CT molecular complexity index is 605. The molecule has 124 valence electrons. The normalized spacial score (nSPS) is 21.0. The monoisotopic (exact) mass is 317 g/mol. The zero-order valence-electron chi connectivity index (χ0n) is 13.6. The summed E-state index contributed by atoms with van der Waals surface area (Å²) in [6.45, 7) is 5.53. The number of fused-ring (bicyclic) bond motifs is 1. The summed E-state index contributed by atoms with van der Waals surface area (Å²) in [5.74, 6) is 1.33. The first-order valence-corrected chi connectivity index (χ1v) is 8.20. The van der Waals surface area contributed by atoms with Gasteiger partial charge in [0, 0.05) is 12.2 Å². The number of amides is 1. The summed E-state index contributed by atoms with van der Waals surface area (Å²) in [6, 6.07) is 5.70. The molecule has 0 bridgehead atoms. The van der Waals surface area contributed by atoms with Crippen LogP contribution in [0.1, 0.15) is 32.3 Å². The number of nitrogens with one attached hydrogen (secondary N) is 1. The predicted octanol–water partition coefficient (Wildman–Crippen LogP) is 2.54. The summed E-state index contributed by atoms with van der Waals surface area (Å²) >= 11 is 0. The van der Waals surface area contributed by atoms with E-state index in [0.717, 1.165) is 25.0 Å². The van der Waals surface area contributed by atoms with Gasteiger partial charge < -0.3 is 19.5 Å². The predicted molar refractivity (Wildman–Crippen MR) is 87.7 cm³/mol. The maximum atomic E-state index is 12.4. The third-order valence-corrected chi connectivity index (χ3v) is 4.18. The van der Waals surface area contributed by atoms with Crippen LogP contribution in [0.3, 0.4) is 0 Å². The highest BCUT2D eigenvalue weighted by Gasteiger charge is 2.26. The van der Waals surface area contributed by atoms with E-state index < -0.39 is 0 Å². The molecule has 3 rings (SSSR count). The van der Waals surface area contributed by atoms with Crippen LogP contribution in [-0.2, 0) is 9.53 Å². The van der Waals surface area contributed by atoms with E-state index in [4.69, 9.17) is 14.2 Å². The average molecular weight is 317 g/mol. The first-order chi connectivity index (χ1) is 11.2. The van der Waals surface area contributed by atoms with E-state index >= 15 is 0 Å². The Balaban J connectivity index is 1.71. The minimum absolute atomic E-state index is 0.00190. The second-order valence-electron chi connectivity index (χ2n) is 5.88. The van der Waals surface area contributed by atoms with Crippen LogP contribution in [0.15, 0.2) is 23.8 Å². The van der Waals surface area contributed by atoms with Crippen LogP contribution in [0.4, 0.5) is 0 Å². The molecule has 2 aliphatic rings. The molecule has 1 N–H and O–H groups in total. The van der Waals surface area contributed by atoms with Gasteiger partial charge in [-0.3, -0.25) is 4.79 Å². The minimum atomic E-state index is -0.0968. The van der Waals surface area contributed by atoms with Crippen molar-refractivity contribution in [2.24, 2.45) is 0 Å². The highest BCUT2D eigenvalue weighted by molar-refractivity contribution is 5.99. The molecule has 0 aliphatic carbocycles. The molecule has 0 radical (unpaired) electrons. The lowest BCUT2D eigenvalue weighted by Crippen LogP contribution is -2.42. The Morgan fingerprint density at radius 1 is 1.48 bits per heavy atom. The van der Waals surface area contributed by atoms with Crippen LogP contribution in [0, 0.1) is 0 Å². The molecule has 0 spiro atoms. The highest BCUT2D eigenvalue weighted by Crippen LogP contribution is 2.35. The SMILES string of the molecule is CCOc1cccc2c1OCC(C(=O)N[C@@H](C)[C@@H]1CCCO1)=C2. The quantitative estimate of drug-likeness (QED) is 0.907. The molecule has 2 aliphatic heterocycles. The van der Waals surface area contributed by atoms with Crippen molar-refractivity contribution in [1.82, 2.24) is 5.32 Å². The van der Waals surface area contributed by atoms with Gasteiger partial charge in [0.2, 0.25) is 0 Å². The lowest BCUT2D eigenvalue weighted by molar-refractivity contribution is -0.119. The Morgan fingerprint density at radius 2 is 2.35 bits per heavy atom. The Morgan fingerprint density at radius 3 is 3.09 bits per heavy atom. The van der Waals surface area contributed by atoms with Gasteiger partial charge in [-0.05, 0) is 38.8 Å². The molecule has 1 saturated heterocycles. The summed E-state index contributed by atoms with van der Waals surface area (Å²) in [4.78, 5) is 12.4. The van der Waals surface area contributed by atoms with Crippen molar-refractivity contribution in [3.05, 3.63) is 29.3 Å². The maximum Gasteiger partial charge on any atom is 0.250 e. The summed E-state index contributed by atoms with van der Waals surface area (Å²) in [6.07, 6.45) is 4.04. The second kappa shape index (κ2) is 7.04. The van der Waals surface area contributed by atoms with Crippen LogP contribution >= 0.6 is 0 Å². The van der Waals surface area contributed by atoms with Crippen molar-refractivity contribution in [3.63, 3.8) is 0 Å². The number of para-hydroxylation sites is 1.